The molecule has 0 aliphatic carbocycles. The molecule has 0 aliphatic heterocycles. The molecule has 0 aliphatic rings. The topological polar surface area (TPSA) is 63.0 Å². The van der Waals surface area contributed by atoms with Crippen LogP contribution in [0.3, 0.4) is 0 Å². The number of aryl methyl sites for hydroxylation is 1. The number of nitrogens with one attached hydrogen (secondary N) is 1. The average molecular weight is 334 g/mol. The lowest BCUT2D eigenvalue weighted by atomic mass is 9.89. The second-order valence-corrected chi connectivity index (χ2v) is 7.71. The quantitative estimate of drug-likeness (QED) is 0.762. The molecule has 0 aromatic carbocycles. The third-order valence-electron chi connectivity index (χ3n) is 3.40. The van der Waals surface area contributed by atoms with Crippen molar-refractivity contribution in [1.82, 2.24) is 14.8 Å². The summed E-state index contributed by atoms with van der Waals surface area (Å²) in [6.45, 7) is 7.46. The highest BCUT2D eigenvalue weighted by Crippen LogP contribution is 2.24. The number of anilines is 1. The van der Waals surface area contributed by atoms with Crippen LogP contribution in [-0.4, -0.2) is 32.2 Å². The average Bonchev–Trinajstić information content (AvgIpc) is 2.87. The van der Waals surface area contributed by atoms with E-state index in [1.807, 2.05) is 24.0 Å². The van der Waals surface area contributed by atoms with Gasteiger partial charge in [-0.15, -0.1) is 0 Å². The van der Waals surface area contributed by atoms with Gasteiger partial charge in [-0.3, -0.25) is 4.68 Å². The molecule has 0 amide bonds. The van der Waals surface area contributed by atoms with Gasteiger partial charge in [0.05, 0.1) is 12.3 Å². The predicted octanol–water partition coefficient (Wildman–Crippen LogP) is 2.95. The Morgan fingerprint density at radius 2 is 2.13 bits per heavy atom. The van der Waals surface area contributed by atoms with Crippen LogP contribution in [0, 0.1) is 0 Å². The minimum absolute atomic E-state index is 0.0223. The van der Waals surface area contributed by atoms with Gasteiger partial charge in [-0.25, -0.2) is 4.98 Å². The fourth-order valence-electron chi connectivity index (χ4n) is 2.40. The standard InChI is InChI=1S/C17H26N4OS/c1-17(2,3)16-14(11-21(4)20-16)10-19-15-9-13(5-6-18-15)12-23-8-7-22/h5-6,9,11,22H,7-8,10,12H2,1-4H3,(H,18,19). The third kappa shape index (κ3) is 5.25. The molecule has 23 heavy (non-hydrogen) atoms. The van der Waals surface area contributed by atoms with Gasteiger partial charge in [0.25, 0.3) is 0 Å². The van der Waals surface area contributed by atoms with E-state index < -0.39 is 0 Å². The van der Waals surface area contributed by atoms with Crippen LogP contribution in [0.15, 0.2) is 24.5 Å². The van der Waals surface area contributed by atoms with E-state index in [1.54, 1.807) is 11.8 Å². The van der Waals surface area contributed by atoms with Gasteiger partial charge in [-0.1, -0.05) is 20.8 Å². The Labute approximate surface area is 142 Å². The van der Waals surface area contributed by atoms with Crippen molar-refractivity contribution >= 4 is 17.6 Å². The van der Waals surface area contributed by atoms with Crippen LogP contribution >= 0.6 is 11.8 Å². The van der Waals surface area contributed by atoms with E-state index >= 15 is 0 Å². The maximum absolute atomic E-state index is 8.85. The van der Waals surface area contributed by atoms with Crippen molar-refractivity contribution in [2.24, 2.45) is 7.05 Å². The molecule has 2 rings (SSSR count). The van der Waals surface area contributed by atoms with Crippen LogP contribution in [0.1, 0.15) is 37.6 Å². The molecule has 2 N–H and O–H groups in total. The van der Waals surface area contributed by atoms with Crippen LogP contribution in [0.5, 0.6) is 0 Å². The zero-order chi connectivity index (χ0) is 16.9. The van der Waals surface area contributed by atoms with E-state index in [0.717, 1.165) is 23.0 Å². The largest absolute Gasteiger partial charge is 0.396 e. The van der Waals surface area contributed by atoms with Gasteiger partial charge >= 0.3 is 0 Å². The lowest BCUT2D eigenvalue weighted by Crippen LogP contribution is -2.16. The number of nitrogens with zero attached hydrogens (tertiary/aromatic N) is 3. The van der Waals surface area contributed by atoms with Crippen LogP contribution in [0.2, 0.25) is 0 Å². The number of hydrogen-bond donors (Lipinski definition) is 2. The third-order valence-corrected chi connectivity index (χ3v) is 4.41. The first kappa shape index (κ1) is 17.8. The van der Waals surface area contributed by atoms with Crippen molar-refractivity contribution in [3.8, 4) is 0 Å². The zero-order valence-electron chi connectivity index (χ0n) is 14.3. The number of hydrogen-bond acceptors (Lipinski definition) is 5. The molecule has 2 aromatic rings. The molecule has 126 valence electrons. The number of pyridine rings is 1. The Morgan fingerprint density at radius 1 is 1.35 bits per heavy atom. The molecule has 0 saturated carbocycles. The molecule has 0 spiro atoms. The van der Waals surface area contributed by atoms with Crippen LogP contribution in [0.25, 0.3) is 0 Å². The summed E-state index contributed by atoms with van der Waals surface area (Å²) in [6, 6.07) is 4.08. The SMILES string of the molecule is Cn1cc(CNc2cc(CSCCO)ccn2)c(C(C)(C)C)n1. The molecular formula is C17H26N4OS. The molecule has 0 atom stereocenters. The summed E-state index contributed by atoms with van der Waals surface area (Å²) in [5.41, 5.74) is 3.54. The molecule has 0 unspecified atom stereocenters. The highest BCUT2D eigenvalue weighted by Gasteiger charge is 2.21. The summed E-state index contributed by atoms with van der Waals surface area (Å²) in [5, 5.41) is 16.8. The molecule has 0 radical (unpaired) electrons. The Bertz CT molecular complexity index is 634. The van der Waals surface area contributed by atoms with Crippen LogP contribution < -0.4 is 5.32 Å². The summed E-state index contributed by atoms with van der Waals surface area (Å²) in [5.74, 6) is 2.52. The predicted molar refractivity (Wildman–Crippen MR) is 96.7 cm³/mol. The second-order valence-electron chi connectivity index (χ2n) is 6.61. The minimum atomic E-state index is 0.0223. The number of thioether (sulfide) groups is 1. The highest BCUT2D eigenvalue weighted by molar-refractivity contribution is 7.98. The van der Waals surface area contributed by atoms with E-state index in [2.05, 4.69) is 48.4 Å². The van der Waals surface area contributed by atoms with Gasteiger partial charge in [0.15, 0.2) is 0 Å². The van der Waals surface area contributed by atoms with Crippen molar-refractivity contribution in [2.45, 2.75) is 38.5 Å². The van der Waals surface area contributed by atoms with E-state index in [-0.39, 0.29) is 12.0 Å². The van der Waals surface area contributed by atoms with Crippen molar-refractivity contribution in [1.29, 1.82) is 0 Å². The summed E-state index contributed by atoms with van der Waals surface area (Å²) >= 11 is 1.72. The normalized spacial score (nSPS) is 11.7. The summed E-state index contributed by atoms with van der Waals surface area (Å²) < 4.78 is 1.87. The van der Waals surface area contributed by atoms with Gasteiger partial charge in [-0.05, 0) is 17.7 Å². The molecule has 5 nitrogen and oxygen atoms in total. The number of aliphatic hydroxyl groups is 1. The van der Waals surface area contributed by atoms with Crippen LogP contribution in [-0.2, 0) is 24.8 Å². The number of aliphatic hydroxyl groups excluding tert-OH is 1. The van der Waals surface area contributed by atoms with Crippen molar-refractivity contribution in [3.63, 3.8) is 0 Å². The van der Waals surface area contributed by atoms with Crippen molar-refractivity contribution < 1.29 is 5.11 Å². The van der Waals surface area contributed by atoms with E-state index in [4.69, 9.17) is 5.11 Å². The first-order valence-corrected chi connectivity index (χ1v) is 8.96. The lowest BCUT2D eigenvalue weighted by molar-refractivity contribution is 0.322. The fraction of sp³-hybridized carbons (Fsp3) is 0.529. The van der Waals surface area contributed by atoms with Gasteiger partial charge in [-0.2, -0.15) is 16.9 Å². The fourth-order valence-corrected chi connectivity index (χ4v) is 3.09. The summed E-state index contributed by atoms with van der Waals surface area (Å²) in [7, 11) is 1.95. The van der Waals surface area contributed by atoms with Gasteiger partial charge in [0, 0.05) is 48.5 Å². The Kier molecular flexibility index (Phi) is 6.07. The molecule has 2 heterocycles. The van der Waals surface area contributed by atoms with Gasteiger partial charge < -0.3 is 10.4 Å². The first-order valence-electron chi connectivity index (χ1n) is 7.80. The zero-order valence-corrected chi connectivity index (χ0v) is 15.2. The molecule has 0 bridgehead atoms. The Hall–Kier alpha value is -1.53. The summed E-state index contributed by atoms with van der Waals surface area (Å²) in [6.07, 6.45) is 3.89. The lowest BCUT2D eigenvalue weighted by Gasteiger charge is -2.17. The van der Waals surface area contributed by atoms with E-state index in [0.29, 0.717) is 6.54 Å². The van der Waals surface area contributed by atoms with Gasteiger partial charge in [0.2, 0.25) is 0 Å². The molecule has 0 fully saturated rings. The maximum Gasteiger partial charge on any atom is 0.126 e. The Balaban J connectivity index is 2.02. The maximum atomic E-state index is 8.85. The Morgan fingerprint density at radius 3 is 2.83 bits per heavy atom. The van der Waals surface area contributed by atoms with E-state index in [1.165, 1.54) is 11.1 Å². The van der Waals surface area contributed by atoms with Crippen molar-refractivity contribution in [2.75, 3.05) is 17.7 Å². The van der Waals surface area contributed by atoms with E-state index in [9.17, 15) is 0 Å². The molecule has 6 heteroatoms. The smallest absolute Gasteiger partial charge is 0.126 e. The molecule has 2 aromatic heterocycles. The van der Waals surface area contributed by atoms with Gasteiger partial charge in [0.1, 0.15) is 5.82 Å². The van der Waals surface area contributed by atoms with Crippen LogP contribution in [0.4, 0.5) is 5.82 Å². The van der Waals surface area contributed by atoms with Crippen molar-refractivity contribution in [3.05, 3.63) is 41.3 Å². The number of rotatable bonds is 7. The monoisotopic (exact) mass is 334 g/mol. The highest BCUT2D eigenvalue weighted by atomic mass is 32.2. The number of aromatic nitrogens is 3. The molecular weight excluding hydrogens is 308 g/mol. The minimum Gasteiger partial charge on any atom is -0.396 e. The summed E-state index contributed by atoms with van der Waals surface area (Å²) in [4.78, 5) is 4.38. The second kappa shape index (κ2) is 7.84. The first-order chi connectivity index (χ1) is 10.9. The molecule has 0 saturated heterocycles.